The van der Waals surface area contributed by atoms with Crippen molar-refractivity contribution in [2.45, 2.75) is 20.8 Å². The van der Waals surface area contributed by atoms with E-state index >= 15 is 0 Å². The van der Waals surface area contributed by atoms with Gasteiger partial charge in [-0.05, 0) is 56.2 Å². The molecule has 128 valence electrons. The molecule has 0 unspecified atom stereocenters. The number of nitrogens with zero attached hydrogens (tertiary/aromatic N) is 3. The predicted molar refractivity (Wildman–Crippen MR) is 96.5 cm³/mol. The molecule has 6 nitrogen and oxygen atoms in total. The fraction of sp³-hybridized carbons (Fsp3) is 0.211. The summed E-state index contributed by atoms with van der Waals surface area (Å²) in [5.41, 5.74) is 4.58. The maximum absolute atomic E-state index is 12.6. The molecule has 1 heterocycles. The molecular formula is C19H20N4O2. The van der Waals surface area contributed by atoms with Crippen LogP contribution in [0.5, 0.6) is 5.75 Å². The van der Waals surface area contributed by atoms with Crippen LogP contribution < -0.4 is 10.1 Å². The third-order valence-electron chi connectivity index (χ3n) is 3.90. The number of aryl methyl sites for hydroxylation is 2. The third kappa shape index (κ3) is 3.38. The van der Waals surface area contributed by atoms with Gasteiger partial charge >= 0.3 is 0 Å². The van der Waals surface area contributed by atoms with Gasteiger partial charge in [0.1, 0.15) is 11.4 Å². The van der Waals surface area contributed by atoms with E-state index < -0.39 is 0 Å². The van der Waals surface area contributed by atoms with Crippen molar-refractivity contribution in [3.63, 3.8) is 0 Å². The van der Waals surface area contributed by atoms with Crippen molar-refractivity contribution < 1.29 is 9.53 Å². The monoisotopic (exact) mass is 336 g/mol. The van der Waals surface area contributed by atoms with Crippen LogP contribution in [0.15, 0.2) is 42.5 Å². The van der Waals surface area contributed by atoms with Crippen molar-refractivity contribution in [2.75, 3.05) is 12.4 Å². The van der Waals surface area contributed by atoms with Crippen molar-refractivity contribution in [1.29, 1.82) is 0 Å². The highest BCUT2D eigenvalue weighted by molar-refractivity contribution is 6.03. The number of rotatable bonds is 4. The number of aromatic nitrogens is 3. The van der Waals surface area contributed by atoms with Crippen LogP contribution in [-0.2, 0) is 0 Å². The van der Waals surface area contributed by atoms with Crippen molar-refractivity contribution in [3.8, 4) is 11.4 Å². The van der Waals surface area contributed by atoms with Crippen molar-refractivity contribution in [2.24, 2.45) is 0 Å². The molecule has 0 fully saturated rings. The number of hydrogen-bond donors (Lipinski definition) is 1. The van der Waals surface area contributed by atoms with E-state index in [1.807, 2.05) is 57.2 Å². The first-order chi connectivity index (χ1) is 12.0. The van der Waals surface area contributed by atoms with Gasteiger partial charge in [-0.2, -0.15) is 0 Å². The zero-order valence-electron chi connectivity index (χ0n) is 14.7. The summed E-state index contributed by atoms with van der Waals surface area (Å²) in [6.07, 6.45) is 0. The molecule has 0 aliphatic heterocycles. The molecule has 0 radical (unpaired) electrons. The predicted octanol–water partition coefficient (Wildman–Crippen LogP) is 3.45. The number of anilines is 1. The lowest BCUT2D eigenvalue weighted by atomic mass is 10.1. The fourth-order valence-electron chi connectivity index (χ4n) is 2.81. The minimum atomic E-state index is -0.288. The van der Waals surface area contributed by atoms with Crippen LogP contribution in [-0.4, -0.2) is 28.0 Å². The maximum atomic E-state index is 12.6. The van der Waals surface area contributed by atoms with Crippen LogP contribution >= 0.6 is 0 Å². The van der Waals surface area contributed by atoms with Gasteiger partial charge in [0, 0.05) is 5.69 Å². The summed E-state index contributed by atoms with van der Waals surface area (Å²) in [7, 11) is 1.60. The lowest BCUT2D eigenvalue weighted by Crippen LogP contribution is -2.14. The van der Waals surface area contributed by atoms with Gasteiger partial charge in [-0.25, -0.2) is 4.68 Å². The smallest absolute Gasteiger partial charge is 0.278 e. The van der Waals surface area contributed by atoms with Gasteiger partial charge < -0.3 is 10.1 Å². The first-order valence-corrected chi connectivity index (χ1v) is 7.95. The molecule has 0 bridgehead atoms. The minimum absolute atomic E-state index is 0.282. The normalized spacial score (nSPS) is 10.6. The third-order valence-corrected chi connectivity index (χ3v) is 3.90. The maximum Gasteiger partial charge on any atom is 0.278 e. The highest BCUT2D eigenvalue weighted by Gasteiger charge is 2.19. The van der Waals surface area contributed by atoms with Gasteiger partial charge in [-0.15, -0.1) is 5.10 Å². The number of carbonyl (C=O) groups is 1. The van der Waals surface area contributed by atoms with E-state index in [1.165, 1.54) is 0 Å². The minimum Gasteiger partial charge on any atom is -0.494 e. The summed E-state index contributed by atoms with van der Waals surface area (Å²) in [4.78, 5) is 12.6. The van der Waals surface area contributed by atoms with E-state index in [4.69, 9.17) is 4.74 Å². The van der Waals surface area contributed by atoms with Crippen LogP contribution in [0, 0.1) is 20.8 Å². The standard InChI is InChI=1S/C19H20N4O2/c1-12-9-13(2)11-15(10-12)20-19(24)18-14(3)23(22-21-18)16-7-5-6-8-17(16)25-4/h5-11H,1-4H3,(H,20,24). The van der Waals surface area contributed by atoms with E-state index in [9.17, 15) is 4.79 Å². The summed E-state index contributed by atoms with van der Waals surface area (Å²) in [5, 5.41) is 11.1. The van der Waals surface area contributed by atoms with E-state index in [2.05, 4.69) is 21.7 Å². The van der Waals surface area contributed by atoms with Gasteiger partial charge in [-0.3, -0.25) is 4.79 Å². The van der Waals surface area contributed by atoms with Crippen LogP contribution in [0.25, 0.3) is 5.69 Å². The second-order valence-electron chi connectivity index (χ2n) is 5.94. The quantitative estimate of drug-likeness (QED) is 0.792. The molecule has 0 atom stereocenters. The molecule has 1 aromatic heterocycles. The molecule has 0 saturated carbocycles. The number of hydrogen-bond acceptors (Lipinski definition) is 4. The number of ether oxygens (including phenoxy) is 1. The Morgan fingerprint density at radius 2 is 1.76 bits per heavy atom. The largest absolute Gasteiger partial charge is 0.494 e. The summed E-state index contributed by atoms with van der Waals surface area (Å²) in [6.45, 7) is 5.79. The molecule has 0 aliphatic carbocycles. The van der Waals surface area contributed by atoms with Crippen LogP contribution in [0.3, 0.4) is 0 Å². The summed E-state index contributed by atoms with van der Waals surface area (Å²) in [6, 6.07) is 13.4. The highest BCUT2D eigenvalue weighted by atomic mass is 16.5. The zero-order chi connectivity index (χ0) is 18.0. The van der Waals surface area contributed by atoms with Gasteiger partial charge in [0.2, 0.25) is 0 Å². The molecule has 3 aromatic rings. The summed E-state index contributed by atoms with van der Waals surface area (Å²) in [5.74, 6) is 0.375. The van der Waals surface area contributed by atoms with Crippen LogP contribution in [0.2, 0.25) is 0 Å². The Morgan fingerprint density at radius 1 is 1.08 bits per heavy atom. The number of nitrogens with one attached hydrogen (secondary N) is 1. The molecule has 3 rings (SSSR count). The van der Waals surface area contributed by atoms with E-state index in [1.54, 1.807) is 11.8 Å². The molecule has 25 heavy (non-hydrogen) atoms. The lowest BCUT2D eigenvalue weighted by Gasteiger charge is -2.09. The van der Waals surface area contributed by atoms with Gasteiger partial charge in [0.15, 0.2) is 5.69 Å². The molecule has 2 aromatic carbocycles. The zero-order valence-corrected chi connectivity index (χ0v) is 14.7. The topological polar surface area (TPSA) is 69.0 Å². The van der Waals surface area contributed by atoms with Gasteiger partial charge in [0.05, 0.1) is 12.8 Å². The Morgan fingerprint density at radius 3 is 2.44 bits per heavy atom. The highest BCUT2D eigenvalue weighted by Crippen LogP contribution is 2.23. The SMILES string of the molecule is COc1ccccc1-n1nnc(C(=O)Nc2cc(C)cc(C)c2)c1C. The van der Waals surface area contributed by atoms with Crippen LogP contribution in [0.1, 0.15) is 27.3 Å². The number of methoxy groups -OCH3 is 1. The summed E-state index contributed by atoms with van der Waals surface area (Å²) >= 11 is 0. The summed E-state index contributed by atoms with van der Waals surface area (Å²) < 4.78 is 6.96. The molecule has 1 N–H and O–H groups in total. The van der Waals surface area contributed by atoms with E-state index in [-0.39, 0.29) is 11.6 Å². The average molecular weight is 336 g/mol. The Labute approximate surface area is 146 Å². The van der Waals surface area contributed by atoms with Gasteiger partial charge in [0.25, 0.3) is 5.91 Å². The molecule has 1 amide bonds. The fourth-order valence-corrected chi connectivity index (χ4v) is 2.81. The molecule has 0 spiro atoms. The molecular weight excluding hydrogens is 316 g/mol. The Hall–Kier alpha value is -3.15. The number of carbonyl (C=O) groups excluding carboxylic acids is 1. The number of benzene rings is 2. The first-order valence-electron chi connectivity index (χ1n) is 7.95. The Kier molecular flexibility index (Phi) is 4.52. The number of para-hydroxylation sites is 2. The molecule has 6 heteroatoms. The first kappa shape index (κ1) is 16.7. The van der Waals surface area contributed by atoms with Crippen molar-refractivity contribution in [3.05, 3.63) is 65.0 Å². The molecule has 0 saturated heterocycles. The van der Waals surface area contributed by atoms with Crippen molar-refractivity contribution >= 4 is 11.6 Å². The Bertz CT molecular complexity index is 911. The molecule has 0 aliphatic rings. The van der Waals surface area contributed by atoms with Crippen molar-refractivity contribution in [1.82, 2.24) is 15.0 Å². The van der Waals surface area contributed by atoms with E-state index in [0.29, 0.717) is 11.4 Å². The van der Waals surface area contributed by atoms with Crippen LogP contribution in [0.4, 0.5) is 5.69 Å². The average Bonchev–Trinajstić information content (AvgIpc) is 2.95. The Balaban J connectivity index is 1.91. The lowest BCUT2D eigenvalue weighted by molar-refractivity contribution is 0.102. The second kappa shape index (κ2) is 6.76. The van der Waals surface area contributed by atoms with E-state index in [0.717, 1.165) is 22.5 Å². The van der Waals surface area contributed by atoms with Gasteiger partial charge in [-0.1, -0.05) is 23.4 Å². The second-order valence-corrected chi connectivity index (χ2v) is 5.94. The number of amides is 1.